The lowest BCUT2D eigenvalue weighted by molar-refractivity contribution is -0.129. The Bertz CT molecular complexity index is 361. The minimum atomic E-state index is -0.565. The number of amides is 2. The zero-order valence-corrected chi connectivity index (χ0v) is 9.95. The molecule has 0 saturated heterocycles. The van der Waals surface area contributed by atoms with E-state index in [-0.39, 0.29) is 11.4 Å². The third kappa shape index (κ3) is 1.72. The van der Waals surface area contributed by atoms with Gasteiger partial charge in [-0.3, -0.25) is 4.79 Å². The van der Waals surface area contributed by atoms with Crippen LogP contribution in [0.5, 0.6) is 0 Å². The van der Waals surface area contributed by atoms with E-state index in [4.69, 9.17) is 4.74 Å². The number of nitrogens with zero attached hydrogens (tertiary/aromatic N) is 1. The van der Waals surface area contributed by atoms with Crippen molar-refractivity contribution in [3.63, 3.8) is 0 Å². The maximum atomic E-state index is 11.9. The van der Waals surface area contributed by atoms with Gasteiger partial charge in [-0.2, -0.15) is 0 Å². The molecule has 1 aliphatic carbocycles. The summed E-state index contributed by atoms with van der Waals surface area (Å²) in [5, 5.41) is 0. The quantitative estimate of drug-likeness (QED) is 0.632. The Kier molecular flexibility index (Phi) is 2.33. The first-order valence-corrected chi connectivity index (χ1v) is 5.61. The minimum Gasteiger partial charge on any atom is -0.443 e. The van der Waals surface area contributed by atoms with Crippen LogP contribution in [-0.2, 0) is 9.53 Å². The Labute approximate surface area is 95.2 Å². The molecule has 4 nitrogen and oxygen atoms in total. The van der Waals surface area contributed by atoms with E-state index < -0.39 is 11.7 Å². The molecule has 1 spiro atoms. The van der Waals surface area contributed by atoms with E-state index in [0.717, 1.165) is 19.3 Å². The molecule has 16 heavy (non-hydrogen) atoms. The van der Waals surface area contributed by atoms with Crippen molar-refractivity contribution in [1.82, 2.24) is 4.90 Å². The number of carbonyl (C=O) groups excluding carboxylic acids is 2. The molecule has 2 amide bonds. The lowest BCUT2D eigenvalue weighted by Crippen LogP contribution is -2.55. The summed E-state index contributed by atoms with van der Waals surface area (Å²) >= 11 is 0. The largest absolute Gasteiger partial charge is 0.443 e. The van der Waals surface area contributed by atoms with E-state index in [2.05, 4.69) is 0 Å². The summed E-state index contributed by atoms with van der Waals surface area (Å²) in [5.41, 5.74) is -0.940. The van der Waals surface area contributed by atoms with Crippen LogP contribution in [0.3, 0.4) is 0 Å². The van der Waals surface area contributed by atoms with Crippen LogP contribution in [0.2, 0.25) is 0 Å². The Morgan fingerprint density at radius 3 is 2.50 bits per heavy atom. The molecular formula is C12H17NO3. The monoisotopic (exact) mass is 223 g/mol. The van der Waals surface area contributed by atoms with Gasteiger partial charge in [0.15, 0.2) is 0 Å². The molecule has 88 valence electrons. The maximum absolute atomic E-state index is 11.9. The SMILES string of the molecule is CC(C)(C)OC(=O)N1C(=O)C=CC12CCC2. The summed E-state index contributed by atoms with van der Waals surface area (Å²) in [6, 6.07) is 0. The number of rotatable bonds is 0. The topological polar surface area (TPSA) is 46.6 Å². The van der Waals surface area contributed by atoms with Crippen molar-refractivity contribution < 1.29 is 14.3 Å². The van der Waals surface area contributed by atoms with Crippen molar-refractivity contribution in [2.24, 2.45) is 0 Å². The molecule has 0 unspecified atom stereocenters. The van der Waals surface area contributed by atoms with Gasteiger partial charge < -0.3 is 4.74 Å². The molecule has 0 aromatic rings. The summed E-state index contributed by atoms with van der Waals surface area (Å²) in [7, 11) is 0. The molecule has 4 heteroatoms. The van der Waals surface area contributed by atoms with Gasteiger partial charge in [0.05, 0.1) is 5.54 Å². The third-order valence-electron chi connectivity index (χ3n) is 3.00. The molecule has 0 bridgehead atoms. The zero-order chi connectivity index (χ0) is 12.0. The van der Waals surface area contributed by atoms with Crippen LogP contribution < -0.4 is 0 Å². The molecule has 1 saturated carbocycles. The highest BCUT2D eigenvalue weighted by Crippen LogP contribution is 2.42. The second-order valence-electron chi connectivity index (χ2n) is 5.44. The van der Waals surface area contributed by atoms with Gasteiger partial charge in [-0.05, 0) is 40.0 Å². The highest BCUT2D eigenvalue weighted by Gasteiger charge is 2.50. The van der Waals surface area contributed by atoms with Crippen LogP contribution in [0.1, 0.15) is 40.0 Å². The Morgan fingerprint density at radius 1 is 1.44 bits per heavy atom. The molecule has 0 aromatic heterocycles. The first-order chi connectivity index (χ1) is 7.34. The van der Waals surface area contributed by atoms with Gasteiger partial charge >= 0.3 is 6.09 Å². The van der Waals surface area contributed by atoms with Crippen LogP contribution in [0.25, 0.3) is 0 Å². The number of imide groups is 1. The molecule has 0 radical (unpaired) electrons. The Hall–Kier alpha value is -1.32. The number of ether oxygens (including phenoxy) is 1. The van der Waals surface area contributed by atoms with Gasteiger partial charge in [0.25, 0.3) is 5.91 Å². The summed E-state index contributed by atoms with van der Waals surface area (Å²) in [6.45, 7) is 5.39. The van der Waals surface area contributed by atoms with E-state index >= 15 is 0 Å². The maximum Gasteiger partial charge on any atom is 0.418 e. The summed E-state index contributed by atoms with van der Waals surface area (Å²) in [6.07, 6.45) is 5.55. The van der Waals surface area contributed by atoms with E-state index in [0.29, 0.717) is 0 Å². The average Bonchev–Trinajstić information content (AvgIpc) is 2.38. The van der Waals surface area contributed by atoms with Crippen LogP contribution in [-0.4, -0.2) is 28.0 Å². The molecular weight excluding hydrogens is 206 g/mol. The highest BCUT2D eigenvalue weighted by molar-refractivity contribution is 6.02. The Morgan fingerprint density at radius 2 is 2.06 bits per heavy atom. The highest BCUT2D eigenvalue weighted by atomic mass is 16.6. The van der Waals surface area contributed by atoms with Crippen molar-refractivity contribution in [2.45, 2.75) is 51.2 Å². The van der Waals surface area contributed by atoms with Gasteiger partial charge in [-0.1, -0.05) is 6.08 Å². The van der Waals surface area contributed by atoms with E-state index in [9.17, 15) is 9.59 Å². The predicted molar refractivity (Wildman–Crippen MR) is 58.8 cm³/mol. The van der Waals surface area contributed by atoms with Gasteiger partial charge in [-0.15, -0.1) is 0 Å². The summed E-state index contributed by atoms with van der Waals surface area (Å²) in [4.78, 5) is 24.8. The van der Waals surface area contributed by atoms with Crippen molar-refractivity contribution >= 4 is 12.0 Å². The first-order valence-electron chi connectivity index (χ1n) is 5.61. The molecule has 0 N–H and O–H groups in total. The van der Waals surface area contributed by atoms with Gasteiger partial charge in [0, 0.05) is 6.08 Å². The van der Waals surface area contributed by atoms with Gasteiger partial charge in [-0.25, -0.2) is 9.69 Å². The fourth-order valence-electron chi connectivity index (χ4n) is 2.10. The van der Waals surface area contributed by atoms with Crippen molar-refractivity contribution in [3.8, 4) is 0 Å². The minimum absolute atomic E-state index is 0.256. The van der Waals surface area contributed by atoms with Crippen molar-refractivity contribution in [2.75, 3.05) is 0 Å². The van der Waals surface area contributed by atoms with E-state index in [1.54, 1.807) is 20.8 Å². The zero-order valence-electron chi connectivity index (χ0n) is 9.95. The van der Waals surface area contributed by atoms with Gasteiger partial charge in [0.2, 0.25) is 0 Å². The average molecular weight is 223 g/mol. The molecule has 0 aromatic carbocycles. The van der Waals surface area contributed by atoms with Crippen LogP contribution in [0, 0.1) is 0 Å². The fraction of sp³-hybridized carbons (Fsp3) is 0.667. The molecule has 1 fully saturated rings. The molecule has 2 aliphatic rings. The molecule has 1 heterocycles. The standard InChI is InChI=1S/C12H17NO3/c1-11(2,3)16-10(15)13-9(14)5-8-12(13)6-4-7-12/h5,8H,4,6-7H2,1-3H3. The number of hydrogen-bond donors (Lipinski definition) is 0. The number of carbonyl (C=O) groups is 2. The second kappa shape index (κ2) is 3.34. The fourth-order valence-corrected chi connectivity index (χ4v) is 2.10. The summed E-state index contributed by atoms with van der Waals surface area (Å²) < 4.78 is 5.25. The second-order valence-corrected chi connectivity index (χ2v) is 5.44. The molecule has 2 rings (SSSR count). The third-order valence-corrected chi connectivity index (χ3v) is 3.00. The van der Waals surface area contributed by atoms with Crippen molar-refractivity contribution in [1.29, 1.82) is 0 Å². The van der Waals surface area contributed by atoms with E-state index in [1.807, 2.05) is 6.08 Å². The van der Waals surface area contributed by atoms with Crippen LogP contribution in [0.15, 0.2) is 12.2 Å². The van der Waals surface area contributed by atoms with E-state index in [1.165, 1.54) is 11.0 Å². The predicted octanol–water partition coefficient (Wildman–Crippen LogP) is 2.24. The molecule has 0 atom stereocenters. The lowest BCUT2D eigenvalue weighted by atomic mass is 9.77. The molecule has 1 aliphatic heterocycles. The first kappa shape index (κ1) is 11.2. The van der Waals surface area contributed by atoms with Crippen molar-refractivity contribution in [3.05, 3.63) is 12.2 Å². The van der Waals surface area contributed by atoms with Gasteiger partial charge in [0.1, 0.15) is 5.60 Å². The van der Waals surface area contributed by atoms with Crippen LogP contribution >= 0.6 is 0 Å². The normalized spacial score (nSPS) is 22.4. The smallest absolute Gasteiger partial charge is 0.418 e. The van der Waals surface area contributed by atoms with Crippen LogP contribution in [0.4, 0.5) is 4.79 Å². The lowest BCUT2D eigenvalue weighted by Gasteiger charge is -2.43. The number of hydrogen-bond acceptors (Lipinski definition) is 3. The Balaban J connectivity index is 2.14. The summed E-state index contributed by atoms with van der Waals surface area (Å²) in [5.74, 6) is -0.256.